The molecule has 39 heavy (non-hydrogen) atoms. The summed E-state index contributed by atoms with van der Waals surface area (Å²) in [5.74, 6) is -1.50. The molecule has 1 saturated heterocycles. The van der Waals surface area contributed by atoms with Crippen molar-refractivity contribution in [3.05, 3.63) is 101 Å². The molecular formula is C30H28F2N4O2S. The quantitative estimate of drug-likeness (QED) is 0.305. The predicted octanol–water partition coefficient (Wildman–Crippen LogP) is 5.35. The Morgan fingerprint density at radius 2 is 1.59 bits per heavy atom. The van der Waals surface area contributed by atoms with Gasteiger partial charge in [-0.3, -0.25) is 9.59 Å². The predicted molar refractivity (Wildman–Crippen MR) is 148 cm³/mol. The smallest absolute Gasteiger partial charge is 0.256 e. The van der Waals surface area contributed by atoms with Crippen molar-refractivity contribution in [1.29, 1.82) is 0 Å². The average Bonchev–Trinajstić information content (AvgIpc) is 2.95. The largest absolute Gasteiger partial charge is 0.338 e. The van der Waals surface area contributed by atoms with E-state index in [9.17, 15) is 18.4 Å². The number of hydrogen-bond acceptors (Lipinski definition) is 5. The second-order valence-electron chi connectivity index (χ2n) is 10.00. The second-order valence-corrected chi connectivity index (χ2v) is 11.7. The number of carbonyl (C=O) groups is 2. The number of amides is 2. The van der Waals surface area contributed by atoms with Gasteiger partial charge in [0.05, 0.1) is 22.2 Å². The van der Waals surface area contributed by atoms with Crippen molar-refractivity contribution in [1.82, 2.24) is 20.0 Å². The molecule has 0 aliphatic carbocycles. The van der Waals surface area contributed by atoms with Gasteiger partial charge in [-0.1, -0.05) is 42.5 Å². The Kier molecular flexibility index (Phi) is 7.61. The van der Waals surface area contributed by atoms with Gasteiger partial charge in [-0.2, -0.15) is 10.2 Å². The summed E-state index contributed by atoms with van der Waals surface area (Å²) < 4.78 is 28.1. The molecule has 0 bridgehead atoms. The number of benzene rings is 3. The third kappa shape index (κ3) is 5.78. The number of thioether (sulfide) groups is 1. The van der Waals surface area contributed by atoms with Crippen LogP contribution in [0.25, 0.3) is 10.8 Å². The molecule has 1 aliphatic rings. The van der Waals surface area contributed by atoms with Gasteiger partial charge in [-0.05, 0) is 43.7 Å². The summed E-state index contributed by atoms with van der Waals surface area (Å²) in [6.07, 6.45) is 2.11. The van der Waals surface area contributed by atoms with Crippen molar-refractivity contribution in [2.45, 2.75) is 29.9 Å². The lowest BCUT2D eigenvalue weighted by Crippen LogP contribution is -2.54. The third-order valence-corrected chi connectivity index (χ3v) is 8.09. The summed E-state index contributed by atoms with van der Waals surface area (Å²) in [7, 11) is 0. The van der Waals surface area contributed by atoms with Crippen LogP contribution in [0.15, 0.2) is 77.8 Å². The number of hydrogen-bond donors (Lipinski definition) is 0. The first-order chi connectivity index (χ1) is 18.7. The van der Waals surface area contributed by atoms with Crippen LogP contribution in [0.4, 0.5) is 8.78 Å². The molecule has 1 fully saturated rings. The van der Waals surface area contributed by atoms with Gasteiger partial charge in [-0.15, -0.1) is 11.8 Å². The Morgan fingerprint density at radius 1 is 0.897 bits per heavy atom. The van der Waals surface area contributed by atoms with Crippen molar-refractivity contribution in [2.75, 3.05) is 26.2 Å². The minimum Gasteiger partial charge on any atom is -0.338 e. The maximum absolute atomic E-state index is 14.8. The van der Waals surface area contributed by atoms with E-state index in [0.717, 1.165) is 22.0 Å². The van der Waals surface area contributed by atoms with E-state index in [0.29, 0.717) is 24.4 Å². The van der Waals surface area contributed by atoms with Crippen LogP contribution in [0.2, 0.25) is 0 Å². The van der Waals surface area contributed by atoms with E-state index in [1.165, 1.54) is 23.9 Å². The standard InChI is InChI=1S/C30H28F2N4O2S/c1-30(2,39-27-10-6-5-9-25(27)32)29(38)36-15-13-35(14-16-36)28(37)23-17-20(11-12-24(23)31)18-26-22-8-4-3-7-21(22)19-33-34-26/h3-12,17,19H,13-16,18H2,1-2H3. The molecule has 2 heterocycles. The molecule has 5 rings (SSSR count). The fraction of sp³-hybridized carbons (Fsp3) is 0.267. The summed E-state index contributed by atoms with van der Waals surface area (Å²) in [6.45, 7) is 4.74. The first-order valence-electron chi connectivity index (χ1n) is 12.7. The minimum absolute atomic E-state index is 0.00379. The van der Waals surface area contributed by atoms with E-state index >= 15 is 0 Å². The van der Waals surface area contributed by atoms with Gasteiger partial charge in [0.15, 0.2) is 0 Å². The Morgan fingerprint density at radius 3 is 2.36 bits per heavy atom. The van der Waals surface area contributed by atoms with Crippen molar-refractivity contribution in [3.63, 3.8) is 0 Å². The maximum atomic E-state index is 14.8. The van der Waals surface area contributed by atoms with E-state index < -0.39 is 16.5 Å². The molecule has 9 heteroatoms. The molecule has 0 radical (unpaired) electrons. The van der Waals surface area contributed by atoms with E-state index in [-0.39, 0.29) is 30.4 Å². The molecule has 0 spiro atoms. The Bertz CT molecular complexity index is 1530. The minimum atomic E-state index is -0.890. The van der Waals surface area contributed by atoms with Crippen LogP contribution < -0.4 is 0 Å². The molecule has 1 aliphatic heterocycles. The summed E-state index contributed by atoms with van der Waals surface area (Å²) in [4.78, 5) is 30.2. The van der Waals surface area contributed by atoms with Gasteiger partial charge in [0, 0.05) is 48.3 Å². The lowest BCUT2D eigenvalue weighted by atomic mass is 10.0. The highest BCUT2D eigenvalue weighted by Gasteiger charge is 2.36. The number of aromatic nitrogens is 2. The monoisotopic (exact) mass is 546 g/mol. The first-order valence-corrected chi connectivity index (χ1v) is 13.5. The van der Waals surface area contributed by atoms with Gasteiger partial charge >= 0.3 is 0 Å². The Balaban J connectivity index is 1.25. The summed E-state index contributed by atoms with van der Waals surface area (Å²) >= 11 is 1.18. The average molecular weight is 547 g/mol. The van der Waals surface area contributed by atoms with Gasteiger partial charge in [-0.25, -0.2) is 8.78 Å². The Hall–Kier alpha value is -3.85. The Labute approximate surface area is 230 Å². The zero-order valence-corrected chi connectivity index (χ0v) is 22.5. The summed E-state index contributed by atoms with van der Waals surface area (Å²) in [6, 6.07) is 18.7. The highest BCUT2D eigenvalue weighted by Crippen LogP contribution is 2.35. The number of nitrogens with zero attached hydrogens (tertiary/aromatic N) is 4. The SMILES string of the molecule is CC(C)(Sc1ccccc1F)C(=O)N1CCN(C(=O)c2cc(Cc3nncc4ccccc34)ccc2F)CC1. The molecular weight excluding hydrogens is 518 g/mol. The lowest BCUT2D eigenvalue weighted by Gasteiger charge is -2.38. The summed E-state index contributed by atoms with van der Waals surface area (Å²) in [5.41, 5.74) is 1.50. The van der Waals surface area contributed by atoms with Crippen molar-refractivity contribution in [2.24, 2.45) is 0 Å². The molecule has 0 unspecified atom stereocenters. The van der Waals surface area contributed by atoms with Crippen LogP contribution in [0.3, 0.4) is 0 Å². The van der Waals surface area contributed by atoms with E-state index in [1.54, 1.807) is 60.2 Å². The van der Waals surface area contributed by atoms with E-state index in [1.807, 2.05) is 24.3 Å². The molecule has 2 amide bonds. The summed E-state index contributed by atoms with van der Waals surface area (Å²) in [5, 5.41) is 10.3. The number of carbonyl (C=O) groups excluding carboxylic acids is 2. The fourth-order valence-corrected chi connectivity index (χ4v) is 5.85. The zero-order chi connectivity index (χ0) is 27.6. The number of fused-ring (bicyclic) bond motifs is 1. The van der Waals surface area contributed by atoms with Crippen LogP contribution in [0.1, 0.15) is 35.5 Å². The highest BCUT2D eigenvalue weighted by molar-refractivity contribution is 8.01. The van der Waals surface area contributed by atoms with Crippen LogP contribution in [0, 0.1) is 11.6 Å². The topological polar surface area (TPSA) is 66.4 Å². The fourth-order valence-electron chi connectivity index (χ4n) is 4.77. The molecule has 0 atom stereocenters. The van der Waals surface area contributed by atoms with E-state index in [4.69, 9.17) is 0 Å². The molecule has 0 saturated carbocycles. The molecule has 3 aromatic carbocycles. The van der Waals surface area contributed by atoms with E-state index in [2.05, 4.69) is 10.2 Å². The number of halogens is 2. The first kappa shape index (κ1) is 26.7. The molecule has 0 N–H and O–H groups in total. The lowest BCUT2D eigenvalue weighted by molar-refractivity contribution is -0.134. The van der Waals surface area contributed by atoms with Crippen LogP contribution in [0.5, 0.6) is 0 Å². The van der Waals surface area contributed by atoms with Crippen molar-refractivity contribution in [3.8, 4) is 0 Å². The zero-order valence-electron chi connectivity index (χ0n) is 21.7. The van der Waals surface area contributed by atoms with Crippen molar-refractivity contribution >= 4 is 34.3 Å². The van der Waals surface area contributed by atoms with Crippen LogP contribution in [-0.2, 0) is 11.2 Å². The molecule has 200 valence electrons. The van der Waals surface area contributed by atoms with Crippen LogP contribution >= 0.6 is 11.8 Å². The highest BCUT2D eigenvalue weighted by atomic mass is 32.2. The van der Waals surface area contributed by atoms with Gasteiger partial charge in [0.25, 0.3) is 5.91 Å². The molecule has 1 aromatic heterocycles. The molecule has 4 aromatic rings. The molecule has 6 nitrogen and oxygen atoms in total. The third-order valence-electron chi connectivity index (χ3n) is 6.85. The normalized spacial score (nSPS) is 14.1. The van der Waals surface area contributed by atoms with Crippen molar-refractivity contribution < 1.29 is 18.4 Å². The van der Waals surface area contributed by atoms with Gasteiger partial charge < -0.3 is 9.80 Å². The van der Waals surface area contributed by atoms with Crippen LogP contribution in [-0.4, -0.2) is 62.7 Å². The van der Waals surface area contributed by atoms with Gasteiger partial charge in [0.1, 0.15) is 11.6 Å². The number of piperazine rings is 1. The maximum Gasteiger partial charge on any atom is 0.256 e. The second kappa shape index (κ2) is 11.1. The van der Waals surface area contributed by atoms with Gasteiger partial charge in [0.2, 0.25) is 5.91 Å². The number of rotatable bonds is 6.